The molecule has 0 spiro atoms. The Labute approximate surface area is 118 Å². The van der Waals surface area contributed by atoms with E-state index in [0.29, 0.717) is 11.5 Å². The van der Waals surface area contributed by atoms with Crippen LogP contribution in [0.25, 0.3) is 0 Å². The number of hydrogen-bond acceptors (Lipinski definition) is 6. The highest BCUT2D eigenvalue weighted by Crippen LogP contribution is 2.62. The molecule has 1 aromatic carbocycles. The van der Waals surface area contributed by atoms with Crippen LogP contribution in [0.4, 0.5) is 0 Å². The normalized spacial score (nSPS) is 26.6. The summed E-state index contributed by atoms with van der Waals surface area (Å²) in [7, 11) is -3.20. The first-order valence-corrected chi connectivity index (χ1v) is 8.38. The molecular weight excluding hydrogens is 280 g/mol. The number of hydrogen-bond donors (Lipinski definition) is 2. The first-order chi connectivity index (χ1) is 9.44. The average molecular weight is 298 g/mol. The van der Waals surface area contributed by atoms with E-state index in [-0.39, 0.29) is 25.8 Å². The van der Waals surface area contributed by atoms with E-state index in [1.807, 2.05) is 12.1 Å². The van der Waals surface area contributed by atoms with Crippen LogP contribution in [0.3, 0.4) is 0 Å². The van der Waals surface area contributed by atoms with Crippen LogP contribution < -0.4 is 20.9 Å². The van der Waals surface area contributed by atoms with Crippen molar-refractivity contribution in [2.24, 2.45) is 16.9 Å². The van der Waals surface area contributed by atoms with Gasteiger partial charge in [0, 0.05) is 30.7 Å². The third-order valence-corrected chi connectivity index (χ3v) is 6.02. The molecule has 1 saturated carbocycles. The Balaban J connectivity index is 2.01. The van der Waals surface area contributed by atoms with Gasteiger partial charge >= 0.3 is 0 Å². The second-order valence-electron chi connectivity index (χ2n) is 5.48. The average Bonchev–Trinajstić information content (AvgIpc) is 2.89. The van der Waals surface area contributed by atoms with Crippen LogP contribution in [-0.4, -0.2) is 39.8 Å². The van der Waals surface area contributed by atoms with Crippen molar-refractivity contribution in [1.29, 1.82) is 0 Å². The van der Waals surface area contributed by atoms with Crippen LogP contribution in [0.5, 0.6) is 11.5 Å². The monoisotopic (exact) mass is 298 g/mol. The van der Waals surface area contributed by atoms with Crippen LogP contribution in [-0.2, 0) is 9.84 Å². The van der Waals surface area contributed by atoms with Gasteiger partial charge in [-0.15, -0.1) is 0 Å². The van der Waals surface area contributed by atoms with E-state index in [1.165, 1.54) is 6.26 Å². The predicted molar refractivity (Wildman–Crippen MR) is 74.5 cm³/mol. The highest BCUT2D eigenvalue weighted by Gasteiger charge is 2.68. The van der Waals surface area contributed by atoms with Crippen LogP contribution in [0, 0.1) is 5.41 Å². The van der Waals surface area contributed by atoms with Crippen LogP contribution in [0.1, 0.15) is 11.5 Å². The molecule has 0 saturated heterocycles. The molecule has 1 aliphatic carbocycles. The van der Waals surface area contributed by atoms with Gasteiger partial charge in [0.15, 0.2) is 21.3 Å². The zero-order valence-electron chi connectivity index (χ0n) is 11.2. The number of benzene rings is 1. The third kappa shape index (κ3) is 1.81. The quantitative estimate of drug-likeness (QED) is 0.799. The van der Waals surface area contributed by atoms with Gasteiger partial charge in [-0.1, -0.05) is 6.07 Å². The van der Waals surface area contributed by atoms with E-state index < -0.39 is 20.5 Å². The summed E-state index contributed by atoms with van der Waals surface area (Å²) in [4.78, 5) is 0. The van der Waals surface area contributed by atoms with E-state index >= 15 is 0 Å². The minimum atomic E-state index is -3.20. The molecule has 0 bridgehead atoms. The zero-order valence-corrected chi connectivity index (χ0v) is 12.0. The molecule has 1 heterocycles. The fourth-order valence-electron chi connectivity index (χ4n) is 3.31. The van der Waals surface area contributed by atoms with Gasteiger partial charge in [0.2, 0.25) is 6.79 Å². The largest absolute Gasteiger partial charge is 0.454 e. The van der Waals surface area contributed by atoms with Crippen LogP contribution in [0.15, 0.2) is 18.2 Å². The first-order valence-electron chi connectivity index (χ1n) is 6.42. The van der Waals surface area contributed by atoms with Crippen molar-refractivity contribution >= 4 is 9.84 Å². The van der Waals surface area contributed by atoms with Gasteiger partial charge in [-0.2, -0.15) is 0 Å². The smallest absolute Gasteiger partial charge is 0.231 e. The maximum absolute atomic E-state index is 12.0. The Morgan fingerprint density at radius 2 is 1.90 bits per heavy atom. The lowest BCUT2D eigenvalue weighted by atomic mass is 9.99. The SMILES string of the molecule is CS(=O)(=O)[C@@H]1[C@@H](c2ccc3c(c2)OCO3)C1(CN)CN. The van der Waals surface area contributed by atoms with Gasteiger partial charge < -0.3 is 20.9 Å². The summed E-state index contributed by atoms with van der Waals surface area (Å²) in [6.45, 7) is 0.693. The van der Waals surface area contributed by atoms with Gasteiger partial charge in [-0.25, -0.2) is 8.42 Å². The Bertz CT molecular complexity index is 640. The van der Waals surface area contributed by atoms with Crippen molar-refractivity contribution in [3.8, 4) is 11.5 Å². The molecule has 4 N–H and O–H groups in total. The third-order valence-electron chi connectivity index (χ3n) is 4.36. The van der Waals surface area contributed by atoms with Gasteiger partial charge in [0.1, 0.15) is 0 Å². The van der Waals surface area contributed by atoms with Crippen molar-refractivity contribution in [2.75, 3.05) is 26.1 Å². The van der Waals surface area contributed by atoms with Crippen molar-refractivity contribution in [1.82, 2.24) is 0 Å². The molecule has 0 amide bonds. The summed E-state index contributed by atoms with van der Waals surface area (Å²) >= 11 is 0. The maximum Gasteiger partial charge on any atom is 0.231 e. The Morgan fingerprint density at radius 3 is 2.45 bits per heavy atom. The minimum absolute atomic E-state index is 0.179. The summed E-state index contributed by atoms with van der Waals surface area (Å²) in [5.74, 6) is 1.14. The van der Waals surface area contributed by atoms with Gasteiger partial charge in [0.05, 0.1) is 5.25 Å². The topological polar surface area (TPSA) is 105 Å². The molecule has 20 heavy (non-hydrogen) atoms. The minimum Gasteiger partial charge on any atom is -0.454 e. The number of nitrogens with two attached hydrogens (primary N) is 2. The van der Waals surface area contributed by atoms with Crippen molar-refractivity contribution in [3.63, 3.8) is 0 Å². The first kappa shape index (κ1) is 13.7. The molecule has 3 rings (SSSR count). The van der Waals surface area contributed by atoms with Gasteiger partial charge in [0.25, 0.3) is 0 Å². The molecule has 0 aromatic heterocycles. The fourth-order valence-corrected chi connectivity index (χ4v) is 5.35. The van der Waals surface area contributed by atoms with E-state index in [4.69, 9.17) is 20.9 Å². The van der Waals surface area contributed by atoms with Crippen molar-refractivity contribution in [3.05, 3.63) is 23.8 Å². The highest BCUT2D eigenvalue weighted by molar-refractivity contribution is 7.91. The summed E-state index contributed by atoms with van der Waals surface area (Å²) in [5.41, 5.74) is 11.9. The standard InChI is InChI=1S/C13H18N2O4S/c1-20(16,17)12-11(13(12,5-14)6-15)8-2-3-9-10(4-8)19-7-18-9/h2-4,11-12H,5-7,14-15H2,1H3/t11-,12-/m1/s1. The van der Waals surface area contributed by atoms with Crippen LogP contribution >= 0.6 is 0 Å². The Kier molecular flexibility index (Phi) is 2.97. The number of fused-ring (bicyclic) bond motifs is 1. The molecule has 7 heteroatoms. The van der Waals surface area contributed by atoms with E-state index in [1.54, 1.807) is 6.07 Å². The van der Waals surface area contributed by atoms with Crippen molar-refractivity contribution < 1.29 is 17.9 Å². The molecule has 0 unspecified atom stereocenters. The Morgan fingerprint density at radius 1 is 1.25 bits per heavy atom. The van der Waals surface area contributed by atoms with E-state index in [2.05, 4.69) is 0 Å². The predicted octanol–water partition coefficient (Wildman–Crippen LogP) is -0.170. The Hall–Kier alpha value is -1.31. The molecule has 2 aliphatic rings. The number of rotatable bonds is 4. The van der Waals surface area contributed by atoms with E-state index in [0.717, 1.165) is 5.56 Å². The molecule has 110 valence electrons. The highest BCUT2D eigenvalue weighted by atomic mass is 32.2. The number of ether oxygens (including phenoxy) is 2. The maximum atomic E-state index is 12.0. The molecular formula is C13H18N2O4S. The molecule has 1 aromatic rings. The molecule has 2 atom stereocenters. The molecule has 1 aliphatic heterocycles. The fraction of sp³-hybridized carbons (Fsp3) is 0.538. The molecule has 0 radical (unpaired) electrons. The lowest BCUT2D eigenvalue weighted by Gasteiger charge is -2.12. The summed E-state index contributed by atoms with van der Waals surface area (Å²) < 4.78 is 34.6. The molecule has 1 fully saturated rings. The van der Waals surface area contributed by atoms with Gasteiger partial charge in [-0.05, 0) is 17.7 Å². The van der Waals surface area contributed by atoms with Gasteiger partial charge in [-0.3, -0.25) is 0 Å². The summed E-state index contributed by atoms with van der Waals surface area (Å²) in [5, 5.41) is -0.523. The lowest BCUT2D eigenvalue weighted by molar-refractivity contribution is 0.174. The molecule has 6 nitrogen and oxygen atoms in total. The summed E-state index contributed by atoms with van der Waals surface area (Å²) in [6, 6.07) is 5.49. The second kappa shape index (κ2) is 4.34. The van der Waals surface area contributed by atoms with Crippen molar-refractivity contribution in [2.45, 2.75) is 11.2 Å². The zero-order chi connectivity index (χ0) is 14.5. The van der Waals surface area contributed by atoms with Crippen LogP contribution in [0.2, 0.25) is 0 Å². The lowest BCUT2D eigenvalue weighted by Crippen LogP contribution is -2.31. The van der Waals surface area contributed by atoms with E-state index in [9.17, 15) is 8.42 Å². The second-order valence-corrected chi connectivity index (χ2v) is 7.65. The summed E-state index contributed by atoms with van der Waals surface area (Å²) in [6.07, 6.45) is 1.24. The number of sulfone groups is 1.